The first kappa shape index (κ1) is 17.6. The van der Waals surface area contributed by atoms with Crippen molar-refractivity contribution < 1.29 is 18.7 Å². The van der Waals surface area contributed by atoms with E-state index in [0.29, 0.717) is 10.7 Å². The summed E-state index contributed by atoms with van der Waals surface area (Å²) in [6.07, 6.45) is -0.419. The number of hydrogen-bond donors (Lipinski definition) is 1. The average molecular weight is 428 g/mol. The molecule has 3 aromatic rings. The summed E-state index contributed by atoms with van der Waals surface area (Å²) in [5.74, 6) is -2.55. The zero-order valence-corrected chi connectivity index (χ0v) is 14.9. The highest BCUT2D eigenvalue weighted by molar-refractivity contribution is 9.10. The van der Waals surface area contributed by atoms with E-state index in [1.165, 1.54) is 10.6 Å². The van der Waals surface area contributed by atoms with Crippen LogP contribution in [-0.2, 0) is 11.2 Å². The predicted octanol–water partition coefficient (Wildman–Crippen LogP) is 4.86. The maximum Gasteiger partial charge on any atom is 0.311 e. The van der Waals surface area contributed by atoms with Gasteiger partial charge >= 0.3 is 5.97 Å². The van der Waals surface area contributed by atoms with Crippen molar-refractivity contribution in [2.45, 2.75) is 6.42 Å². The van der Waals surface area contributed by atoms with Crippen molar-refractivity contribution in [2.75, 3.05) is 0 Å². The van der Waals surface area contributed by atoms with E-state index in [4.69, 9.17) is 16.7 Å². The summed E-state index contributed by atoms with van der Waals surface area (Å²) in [5.41, 5.74) is 0.277. The highest BCUT2D eigenvalue weighted by atomic mass is 79.9. The number of hydrogen-bond acceptors (Lipinski definition) is 2. The van der Waals surface area contributed by atoms with Crippen molar-refractivity contribution in [3.8, 4) is 16.9 Å². The molecule has 2 aromatic carbocycles. The Morgan fingerprint density at radius 1 is 1.16 bits per heavy atom. The van der Waals surface area contributed by atoms with Gasteiger partial charge in [0.05, 0.1) is 11.3 Å². The minimum Gasteiger partial charge on any atom is -0.481 e. The second-order valence-electron chi connectivity index (χ2n) is 5.15. The summed E-state index contributed by atoms with van der Waals surface area (Å²) in [5, 5.41) is 9.60. The standard InChI is InChI=1S/C17H10BrClF2N2O2/c18-17-16(15-11(20)2-1-3-12(15)21)23(13(22-17)8-14(24)25)10-6-4-9(19)5-7-10/h1-7H,8H2,(H,24,25). The van der Waals surface area contributed by atoms with Gasteiger partial charge in [0.2, 0.25) is 0 Å². The van der Waals surface area contributed by atoms with Crippen LogP contribution in [0.5, 0.6) is 0 Å². The topological polar surface area (TPSA) is 55.1 Å². The maximum atomic E-state index is 14.3. The van der Waals surface area contributed by atoms with Crippen LogP contribution in [0.1, 0.15) is 5.82 Å². The summed E-state index contributed by atoms with van der Waals surface area (Å²) in [7, 11) is 0. The monoisotopic (exact) mass is 426 g/mol. The van der Waals surface area contributed by atoms with Gasteiger partial charge in [-0.1, -0.05) is 17.7 Å². The van der Waals surface area contributed by atoms with E-state index in [1.807, 2.05) is 0 Å². The third kappa shape index (κ3) is 3.43. The molecule has 0 spiro atoms. The first-order chi connectivity index (χ1) is 11.9. The number of carboxylic acid groups (broad SMARTS) is 1. The molecule has 1 N–H and O–H groups in total. The molecule has 0 amide bonds. The van der Waals surface area contributed by atoms with E-state index in [-0.39, 0.29) is 21.7 Å². The maximum absolute atomic E-state index is 14.3. The van der Waals surface area contributed by atoms with Gasteiger partial charge < -0.3 is 5.11 Å². The second kappa shape index (κ2) is 6.93. The number of carbonyl (C=O) groups is 1. The summed E-state index contributed by atoms with van der Waals surface area (Å²) in [6.45, 7) is 0. The van der Waals surface area contributed by atoms with Crippen molar-refractivity contribution in [3.05, 3.63) is 69.5 Å². The van der Waals surface area contributed by atoms with E-state index in [1.54, 1.807) is 24.3 Å². The Morgan fingerprint density at radius 3 is 2.32 bits per heavy atom. The first-order valence-electron chi connectivity index (χ1n) is 7.07. The summed E-state index contributed by atoms with van der Waals surface area (Å²) in [4.78, 5) is 15.3. The molecule has 0 unspecified atom stereocenters. The molecule has 1 heterocycles. The molecule has 0 aliphatic rings. The Labute approximate surface area is 154 Å². The number of rotatable bonds is 4. The molecule has 0 radical (unpaired) electrons. The number of halogens is 4. The molecule has 25 heavy (non-hydrogen) atoms. The van der Waals surface area contributed by atoms with Gasteiger partial charge in [-0.25, -0.2) is 13.8 Å². The fourth-order valence-electron chi connectivity index (χ4n) is 2.50. The van der Waals surface area contributed by atoms with Crippen LogP contribution in [0.25, 0.3) is 16.9 Å². The van der Waals surface area contributed by atoms with Gasteiger partial charge in [-0.05, 0) is 52.3 Å². The molecule has 4 nitrogen and oxygen atoms in total. The molecule has 0 aliphatic carbocycles. The SMILES string of the molecule is O=C(O)Cc1nc(Br)c(-c2c(F)cccc2F)n1-c1ccc(Cl)cc1. The van der Waals surface area contributed by atoms with Crippen molar-refractivity contribution in [1.29, 1.82) is 0 Å². The van der Waals surface area contributed by atoms with Gasteiger partial charge in [0.15, 0.2) is 0 Å². The molecule has 3 rings (SSSR count). The van der Waals surface area contributed by atoms with E-state index >= 15 is 0 Å². The van der Waals surface area contributed by atoms with Crippen LogP contribution in [0, 0.1) is 11.6 Å². The Kier molecular flexibility index (Phi) is 4.87. The van der Waals surface area contributed by atoms with Gasteiger partial charge in [0.25, 0.3) is 0 Å². The van der Waals surface area contributed by atoms with Crippen molar-refractivity contribution in [3.63, 3.8) is 0 Å². The number of carboxylic acids is 1. The van der Waals surface area contributed by atoms with Crippen molar-refractivity contribution in [1.82, 2.24) is 9.55 Å². The smallest absolute Gasteiger partial charge is 0.311 e. The Hall–Kier alpha value is -2.25. The quantitative estimate of drug-likeness (QED) is 0.647. The van der Waals surface area contributed by atoms with Crippen LogP contribution in [-0.4, -0.2) is 20.6 Å². The molecule has 128 valence electrons. The predicted molar refractivity (Wildman–Crippen MR) is 93.0 cm³/mol. The van der Waals surface area contributed by atoms with Crippen molar-refractivity contribution >= 4 is 33.5 Å². The Balaban J connectivity index is 2.33. The van der Waals surface area contributed by atoms with Gasteiger partial charge in [-0.15, -0.1) is 0 Å². The molecule has 1 aromatic heterocycles. The number of benzene rings is 2. The third-order valence-corrected chi connectivity index (χ3v) is 4.30. The largest absolute Gasteiger partial charge is 0.481 e. The number of aromatic nitrogens is 2. The molecule has 0 bridgehead atoms. The molecule has 0 saturated carbocycles. The Morgan fingerprint density at radius 2 is 1.76 bits per heavy atom. The van der Waals surface area contributed by atoms with Crippen LogP contribution in [0.4, 0.5) is 8.78 Å². The number of nitrogens with zero attached hydrogens (tertiary/aromatic N) is 2. The lowest BCUT2D eigenvalue weighted by Crippen LogP contribution is -2.09. The molecule has 8 heteroatoms. The second-order valence-corrected chi connectivity index (χ2v) is 6.33. The molecule has 0 atom stereocenters. The lowest BCUT2D eigenvalue weighted by atomic mass is 10.1. The van der Waals surface area contributed by atoms with E-state index < -0.39 is 24.0 Å². The first-order valence-corrected chi connectivity index (χ1v) is 8.25. The highest BCUT2D eigenvalue weighted by Gasteiger charge is 2.24. The van der Waals surface area contributed by atoms with E-state index in [9.17, 15) is 13.6 Å². The van der Waals surface area contributed by atoms with Gasteiger partial charge in [0.1, 0.15) is 28.5 Å². The molecule has 0 fully saturated rings. The third-order valence-electron chi connectivity index (χ3n) is 3.50. The van der Waals surface area contributed by atoms with Gasteiger partial charge in [-0.2, -0.15) is 0 Å². The minimum atomic E-state index is -1.12. The molecule has 0 aliphatic heterocycles. The van der Waals surface area contributed by atoms with Crippen LogP contribution in [0.15, 0.2) is 47.1 Å². The van der Waals surface area contributed by atoms with Gasteiger partial charge in [-0.3, -0.25) is 9.36 Å². The average Bonchev–Trinajstić information content (AvgIpc) is 2.83. The minimum absolute atomic E-state index is 0.0918. The number of aliphatic carboxylic acids is 1. The zero-order chi connectivity index (χ0) is 18.1. The van der Waals surface area contributed by atoms with Crippen LogP contribution in [0.3, 0.4) is 0 Å². The summed E-state index contributed by atoms with van der Waals surface area (Å²) < 4.78 is 30.2. The molecule has 0 saturated heterocycles. The summed E-state index contributed by atoms with van der Waals surface area (Å²) >= 11 is 9.08. The number of imidazole rings is 1. The van der Waals surface area contributed by atoms with Crippen LogP contribution >= 0.6 is 27.5 Å². The lowest BCUT2D eigenvalue weighted by Gasteiger charge is -2.13. The fraction of sp³-hybridized carbons (Fsp3) is 0.0588. The van der Waals surface area contributed by atoms with Gasteiger partial charge in [0, 0.05) is 10.7 Å². The van der Waals surface area contributed by atoms with Crippen LogP contribution in [0.2, 0.25) is 5.02 Å². The molecular formula is C17H10BrClF2N2O2. The summed E-state index contributed by atoms with van der Waals surface area (Å²) in [6, 6.07) is 9.92. The Bertz CT molecular complexity index is 938. The fourth-order valence-corrected chi connectivity index (χ4v) is 3.20. The normalized spacial score (nSPS) is 10.9. The lowest BCUT2D eigenvalue weighted by molar-refractivity contribution is -0.136. The zero-order valence-electron chi connectivity index (χ0n) is 12.5. The molecular weight excluding hydrogens is 418 g/mol. The van der Waals surface area contributed by atoms with Crippen molar-refractivity contribution in [2.24, 2.45) is 0 Å². The van der Waals surface area contributed by atoms with Crippen LogP contribution < -0.4 is 0 Å². The van der Waals surface area contributed by atoms with E-state index in [2.05, 4.69) is 20.9 Å². The highest BCUT2D eigenvalue weighted by Crippen LogP contribution is 2.35. The van der Waals surface area contributed by atoms with E-state index in [0.717, 1.165) is 12.1 Å².